The first-order valence-electron chi connectivity index (χ1n) is 7.81. The highest BCUT2D eigenvalue weighted by molar-refractivity contribution is 5.85. The maximum Gasteiger partial charge on any atom is 0.310 e. The van der Waals surface area contributed by atoms with Crippen LogP contribution in [0.25, 0.3) is 0 Å². The van der Waals surface area contributed by atoms with Gasteiger partial charge in [-0.1, -0.05) is 19.8 Å². The quantitative estimate of drug-likeness (QED) is 0.831. The highest BCUT2D eigenvalue weighted by Gasteiger charge is 2.43. The molecule has 1 saturated carbocycles. The van der Waals surface area contributed by atoms with Crippen LogP contribution in [-0.4, -0.2) is 59.5 Å². The molecule has 0 atom stereocenters. The minimum Gasteiger partial charge on any atom is -0.481 e. The van der Waals surface area contributed by atoms with Crippen molar-refractivity contribution in [1.29, 1.82) is 0 Å². The third kappa shape index (κ3) is 3.32. The summed E-state index contributed by atoms with van der Waals surface area (Å²) in [5, 5.41) is 9.44. The molecule has 0 radical (unpaired) electrons. The van der Waals surface area contributed by atoms with Crippen molar-refractivity contribution in [3.05, 3.63) is 0 Å². The van der Waals surface area contributed by atoms with Gasteiger partial charge in [0.05, 0.1) is 5.41 Å². The Morgan fingerprint density at radius 2 is 1.70 bits per heavy atom. The lowest BCUT2D eigenvalue weighted by molar-refractivity contribution is -0.153. The lowest BCUT2D eigenvalue weighted by Gasteiger charge is -2.36. The molecule has 1 saturated heterocycles. The standard InChI is InChI=1S/C15H26N2O3/c1-2-7-16-8-10-17(11-9-16)13(18)12-15(14(19)20)5-3-4-6-15/h2-12H2,1H3,(H,19,20). The molecule has 1 amide bonds. The lowest BCUT2D eigenvalue weighted by atomic mass is 9.82. The maximum absolute atomic E-state index is 12.4. The summed E-state index contributed by atoms with van der Waals surface area (Å²) in [6.45, 7) is 6.57. The van der Waals surface area contributed by atoms with Gasteiger partial charge in [-0.3, -0.25) is 14.5 Å². The SMILES string of the molecule is CCCN1CCN(C(=O)CC2(C(=O)O)CCCC2)CC1. The van der Waals surface area contributed by atoms with Gasteiger partial charge in [0.2, 0.25) is 5.91 Å². The van der Waals surface area contributed by atoms with Crippen LogP contribution in [-0.2, 0) is 9.59 Å². The second-order valence-electron chi connectivity index (χ2n) is 6.19. The first-order valence-corrected chi connectivity index (χ1v) is 7.81. The van der Waals surface area contributed by atoms with Crippen LogP contribution < -0.4 is 0 Å². The zero-order chi connectivity index (χ0) is 14.6. The van der Waals surface area contributed by atoms with Crippen molar-refractivity contribution in [2.24, 2.45) is 5.41 Å². The number of carbonyl (C=O) groups is 2. The van der Waals surface area contributed by atoms with Crippen molar-refractivity contribution in [2.75, 3.05) is 32.7 Å². The van der Waals surface area contributed by atoms with Gasteiger partial charge < -0.3 is 10.0 Å². The average molecular weight is 282 g/mol. The summed E-state index contributed by atoms with van der Waals surface area (Å²) in [6.07, 6.45) is 4.51. The summed E-state index contributed by atoms with van der Waals surface area (Å²) in [7, 11) is 0. The Labute approximate surface area is 120 Å². The van der Waals surface area contributed by atoms with E-state index in [1.165, 1.54) is 0 Å². The van der Waals surface area contributed by atoms with Crippen LogP contribution >= 0.6 is 0 Å². The summed E-state index contributed by atoms with van der Waals surface area (Å²) < 4.78 is 0. The predicted octanol–water partition coefficient (Wildman–Crippen LogP) is 1.58. The molecule has 1 aliphatic carbocycles. The van der Waals surface area contributed by atoms with Gasteiger partial charge in [0.15, 0.2) is 0 Å². The summed E-state index contributed by atoms with van der Waals surface area (Å²) in [5.41, 5.74) is -0.780. The van der Waals surface area contributed by atoms with Crippen LogP contribution in [0.15, 0.2) is 0 Å². The van der Waals surface area contributed by atoms with E-state index in [2.05, 4.69) is 11.8 Å². The lowest BCUT2D eigenvalue weighted by Crippen LogP contribution is -2.50. The van der Waals surface area contributed by atoms with E-state index in [4.69, 9.17) is 0 Å². The molecule has 114 valence electrons. The number of piperazine rings is 1. The number of carbonyl (C=O) groups excluding carboxylic acids is 1. The van der Waals surface area contributed by atoms with E-state index in [1.807, 2.05) is 4.90 Å². The van der Waals surface area contributed by atoms with E-state index < -0.39 is 11.4 Å². The highest BCUT2D eigenvalue weighted by Crippen LogP contribution is 2.41. The number of carboxylic acids is 1. The molecule has 0 aromatic rings. The van der Waals surface area contributed by atoms with Crippen molar-refractivity contribution in [3.8, 4) is 0 Å². The van der Waals surface area contributed by atoms with Gasteiger partial charge in [-0.05, 0) is 25.8 Å². The average Bonchev–Trinajstić information content (AvgIpc) is 2.90. The number of rotatable bonds is 5. The van der Waals surface area contributed by atoms with E-state index in [1.54, 1.807) is 0 Å². The van der Waals surface area contributed by atoms with E-state index in [0.29, 0.717) is 12.8 Å². The fourth-order valence-corrected chi connectivity index (χ4v) is 3.46. The van der Waals surface area contributed by atoms with Crippen LogP contribution in [0.4, 0.5) is 0 Å². The van der Waals surface area contributed by atoms with Crippen LogP contribution in [0, 0.1) is 5.41 Å². The second kappa shape index (κ2) is 6.57. The third-order valence-electron chi connectivity index (χ3n) is 4.77. The van der Waals surface area contributed by atoms with Crippen LogP contribution in [0.1, 0.15) is 45.4 Å². The largest absolute Gasteiger partial charge is 0.481 e. The fraction of sp³-hybridized carbons (Fsp3) is 0.867. The molecule has 0 bridgehead atoms. The molecule has 0 aromatic heterocycles. The molecule has 0 aromatic carbocycles. The monoisotopic (exact) mass is 282 g/mol. The Bertz CT molecular complexity index is 356. The van der Waals surface area contributed by atoms with Crippen molar-refractivity contribution in [2.45, 2.75) is 45.4 Å². The third-order valence-corrected chi connectivity index (χ3v) is 4.77. The summed E-state index contributed by atoms with van der Waals surface area (Å²) >= 11 is 0. The van der Waals surface area contributed by atoms with Gasteiger partial charge in [0.25, 0.3) is 0 Å². The number of hydrogen-bond acceptors (Lipinski definition) is 3. The Morgan fingerprint density at radius 1 is 1.10 bits per heavy atom. The van der Waals surface area contributed by atoms with Gasteiger partial charge in [-0.15, -0.1) is 0 Å². The summed E-state index contributed by atoms with van der Waals surface area (Å²) in [5.74, 6) is -0.751. The van der Waals surface area contributed by atoms with Crippen LogP contribution in [0.2, 0.25) is 0 Å². The van der Waals surface area contributed by atoms with Gasteiger partial charge in [-0.2, -0.15) is 0 Å². The van der Waals surface area contributed by atoms with Crippen LogP contribution in [0.3, 0.4) is 0 Å². The Balaban J connectivity index is 1.87. The first-order chi connectivity index (χ1) is 9.57. The van der Waals surface area contributed by atoms with Crippen molar-refractivity contribution >= 4 is 11.9 Å². The first kappa shape index (κ1) is 15.3. The summed E-state index contributed by atoms with van der Waals surface area (Å²) in [4.78, 5) is 28.1. The molecule has 1 heterocycles. The topological polar surface area (TPSA) is 60.9 Å². The van der Waals surface area contributed by atoms with E-state index in [-0.39, 0.29) is 12.3 Å². The molecule has 5 heteroatoms. The maximum atomic E-state index is 12.4. The van der Waals surface area contributed by atoms with Crippen LogP contribution in [0.5, 0.6) is 0 Å². The number of carboxylic acid groups (broad SMARTS) is 1. The van der Waals surface area contributed by atoms with Gasteiger partial charge in [0.1, 0.15) is 0 Å². The van der Waals surface area contributed by atoms with Gasteiger partial charge in [0, 0.05) is 32.6 Å². The predicted molar refractivity (Wildman–Crippen MR) is 76.5 cm³/mol. The number of hydrogen-bond donors (Lipinski definition) is 1. The van der Waals surface area contributed by atoms with Crippen molar-refractivity contribution in [3.63, 3.8) is 0 Å². The molecule has 20 heavy (non-hydrogen) atoms. The highest BCUT2D eigenvalue weighted by atomic mass is 16.4. The molecule has 2 fully saturated rings. The zero-order valence-electron chi connectivity index (χ0n) is 12.4. The molecular formula is C15H26N2O3. The fourth-order valence-electron chi connectivity index (χ4n) is 3.46. The molecule has 1 aliphatic heterocycles. The second-order valence-corrected chi connectivity index (χ2v) is 6.19. The van der Waals surface area contributed by atoms with E-state index in [9.17, 15) is 14.7 Å². The van der Waals surface area contributed by atoms with Gasteiger partial charge >= 0.3 is 5.97 Å². The smallest absolute Gasteiger partial charge is 0.310 e. The molecule has 2 rings (SSSR count). The normalized spacial score (nSPS) is 22.9. The number of amides is 1. The number of nitrogens with zero attached hydrogens (tertiary/aromatic N) is 2. The van der Waals surface area contributed by atoms with E-state index >= 15 is 0 Å². The Hall–Kier alpha value is -1.10. The molecular weight excluding hydrogens is 256 g/mol. The molecule has 0 spiro atoms. The zero-order valence-corrected chi connectivity index (χ0v) is 12.4. The Kier molecular flexibility index (Phi) is 5.02. The summed E-state index contributed by atoms with van der Waals surface area (Å²) in [6, 6.07) is 0. The molecule has 5 nitrogen and oxygen atoms in total. The molecule has 2 aliphatic rings. The van der Waals surface area contributed by atoms with Gasteiger partial charge in [-0.25, -0.2) is 0 Å². The number of aliphatic carboxylic acids is 1. The minimum absolute atomic E-state index is 0.0328. The van der Waals surface area contributed by atoms with E-state index in [0.717, 1.165) is 52.0 Å². The molecule has 0 unspecified atom stereocenters. The molecule has 1 N–H and O–H groups in total. The minimum atomic E-state index is -0.784. The van der Waals surface area contributed by atoms with Crippen molar-refractivity contribution in [1.82, 2.24) is 9.80 Å². The van der Waals surface area contributed by atoms with Crippen molar-refractivity contribution < 1.29 is 14.7 Å². The Morgan fingerprint density at radius 3 is 2.20 bits per heavy atom.